The SMILES string of the molecule is Nc1ccc2ncc(-c3nccc(NCC4CCCCC4)n3)n2c1. The number of nitrogens with zero attached hydrogens (tertiary/aromatic N) is 4. The average molecular weight is 322 g/mol. The van der Waals surface area contributed by atoms with Crippen molar-refractivity contribution in [3.63, 3.8) is 0 Å². The van der Waals surface area contributed by atoms with Crippen LogP contribution in [0.2, 0.25) is 0 Å². The molecule has 0 saturated heterocycles. The van der Waals surface area contributed by atoms with Gasteiger partial charge in [-0.1, -0.05) is 19.3 Å². The molecule has 3 N–H and O–H groups in total. The van der Waals surface area contributed by atoms with Crippen LogP contribution in [0.1, 0.15) is 32.1 Å². The summed E-state index contributed by atoms with van der Waals surface area (Å²) in [5.74, 6) is 2.28. The molecule has 1 aliphatic rings. The van der Waals surface area contributed by atoms with Gasteiger partial charge in [-0.05, 0) is 37.0 Å². The van der Waals surface area contributed by atoms with Crippen LogP contribution in [-0.4, -0.2) is 25.9 Å². The van der Waals surface area contributed by atoms with E-state index < -0.39 is 0 Å². The van der Waals surface area contributed by atoms with Gasteiger partial charge in [0.2, 0.25) is 0 Å². The lowest BCUT2D eigenvalue weighted by Gasteiger charge is -2.21. The molecular formula is C18H22N6. The molecule has 0 aliphatic heterocycles. The average Bonchev–Trinajstić information content (AvgIpc) is 3.04. The summed E-state index contributed by atoms with van der Waals surface area (Å²) in [5.41, 5.74) is 8.26. The van der Waals surface area contributed by atoms with Crippen molar-refractivity contribution < 1.29 is 0 Å². The largest absolute Gasteiger partial charge is 0.398 e. The number of nitrogen functional groups attached to an aromatic ring is 1. The van der Waals surface area contributed by atoms with Crippen LogP contribution < -0.4 is 11.1 Å². The third-order valence-electron chi connectivity index (χ3n) is 4.71. The number of hydrogen-bond donors (Lipinski definition) is 2. The second-order valence-electron chi connectivity index (χ2n) is 6.48. The van der Waals surface area contributed by atoms with E-state index in [0.717, 1.165) is 29.6 Å². The van der Waals surface area contributed by atoms with Gasteiger partial charge in [-0.15, -0.1) is 0 Å². The summed E-state index contributed by atoms with van der Waals surface area (Å²) in [5, 5.41) is 3.47. The fraction of sp³-hybridized carbons (Fsp3) is 0.389. The van der Waals surface area contributed by atoms with E-state index in [1.807, 2.05) is 28.8 Å². The maximum atomic E-state index is 5.89. The van der Waals surface area contributed by atoms with Crippen LogP contribution in [0, 0.1) is 5.92 Å². The first-order chi connectivity index (χ1) is 11.8. The number of nitrogens with two attached hydrogens (primary N) is 1. The zero-order valence-electron chi connectivity index (χ0n) is 13.7. The third kappa shape index (κ3) is 3.04. The standard InChI is InChI=1S/C18H22N6/c19-14-6-7-17-22-11-15(24(17)12-14)18-20-9-8-16(23-18)21-10-13-4-2-1-3-5-13/h6-9,11-13H,1-5,10,19H2,(H,20,21,23). The second-order valence-corrected chi connectivity index (χ2v) is 6.48. The highest BCUT2D eigenvalue weighted by Crippen LogP contribution is 2.24. The number of rotatable bonds is 4. The third-order valence-corrected chi connectivity index (χ3v) is 4.71. The first-order valence-corrected chi connectivity index (χ1v) is 8.59. The normalized spacial score (nSPS) is 15.7. The smallest absolute Gasteiger partial charge is 0.180 e. The van der Waals surface area contributed by atoms with Crippen LogP contribution in [0.25, 0.3) is 17.2 Å². The Morgan fingerprint density at radius 2 is 2.00 bits per heavy atom. The van der Waals surface area contributed by atoms with E-state index in [-0.39, 0.29) is 0 Å². The van der Waals surface area contributed by atoms with Gasteiger partial charge in [-0.2, -0.15) is 0 Å². The van der Waals surface area contributed by atoms with Crippen LogP contribution in [0.15, 0.2) is 36.8 Å². The molecular weight excluding hydrogens is 300 g/mol. The molecule has 0 spiro atoms. The van der Waals surface area contributed by atoms with Gasteiger partial charge in [0, 0.05) is 24.6 Å². The van der Waals surface area contributed by atoms with Crippen molar-refractivity contribution >= 4 is 17.2 Å². The number of aromatic nitrogens is 4. The summed E-state index contributed by atoms with van der Waals surface area (Å²) >= 11 is 0. The number of pyridine rings is 1. The van der Waals surface area contributed by atoms with E-state index in [2.05, 4.69) is 20.3 Å². The van der Waals surface area contributed by atoms with Gasteiger partial charge >= 0.3 is 0 Å². The topological polar surface area (TPSA) is 81.1 Å². The molecule has 0 atom stereocenters. The van der Waals surface area contributed by atoms with E-state index in [4.69, 9.17) is 5.73 Å². The predicted octanol–water partition coefficient (Wildman–Crippen LogP) is 3.37. The fourth-order valence-electron chi connectivity index (χ4n) is 3.38. The summed E-state index contributed by atoms with van der Waals surface area (Å²) < 4.78 is 1.93. The Kier molecular flexibility index (Phi) is 4.02. The first kappa shape index (κ1) is 14.9. The van der Waals surface area contributed by atoms with Crippen molar-refractivity contribution in [3.05, 3.63) is 36.8 Å². The Bertz CT molecular complexity index is 834. The number of imidazole rings is 1. The minimum absolute atomic E-state index is 0.654. The minimum Gasteiger partial charge on any atom is -0.398 e. The Labute approximate surface area is 141 Å². The van der Waals surface area contributed by atoms with Gasteiger partial charge in [0.15, 0.2) is 5.82 Å². The molecule has 0 unspecified atom stereocenters. The quantitative estimate of drug-likeness (QED) is 0.769. The van der Waals surface area contributed by atoms with Crippen LogP contribution in [-0.2, 0) is 0 Å². The Morgan fingerprint density at radius 1 is 1.12 bits per heavy atom. The van der Waals surface area contributed by atoms with Gasteiger partial charge in [-0.25, -0.2) is 15.0 Å². The summed E-state index contributed by atoms with van der Waals surface area (Å²) in [6, 6.07) is 5.66. The molecule has 6 heteroatoms. The molecule has 6 nitrogen and oxygen atoms in total. The molecule has 0 radical (unpaired) electrons. The molecule has 124 valence electrons. The van der Waals surface area contributed by atoms with E-state index in [1.165, 1.54) is 32.1 Å². The van der Waals surface area contributed by atoms with Gasteiger partial charge in [0.1, 0.15) is 17.2 Å². The highest BCUT2D eigenvalue weighted by Gasteiger charge is 2.14. The zero-order chi connectivity index (χ0) is 16.4. The van der Waals surface area contributed by atoms with Crippen molar-refractivity contribution in [1.82, 2.24) is 19.4 Å². The monoisotopic (exact) mass is 322 g/mol. The van der Waals surface area contributed by atoms with Gasteiger partial charge in [-0.3, -0.25) is 4.40 Å². The van der Waals surface area contributed by atoms with Crippen LogP contribution in [0.4, 0.5) is 11.5 Å². The van der Waals surface area contributed by atoms with Crippen molar-refractivity contribution in [2.45, 2.75) is 32.1 Å². The molecule has 1 saturated carbocycles. The van der Waals surface area contributed by atoms with E-state index in [1.54, 1.807) is 12.4 Å². The Morgan fingerprint density at radius 3 is 2.88 bits per heavy atom. The van der Waals surface area contributed by atoms with Gasteiger partial charge in [0.25, 0.3) is 0 Å². The molecule has 0 amide bonds. The van der Waals surface area contributed by atoms with Crippen LogP contribution in [0.3, 0.4) is 0 Å². The highest BCUT2D eigenvalue weighted by atomic mass is 15.1. The van der Waals surface area contributed by atoms with Crippen molar-refractivity contribution in [2.75, 3.05) is 17.6 Å². The number of anilines is 2. The molecule has 3 aromatic rings. The number of fused-ring (bicyclic) bond motifs is 1. The van der Waals surface area contributed by atoms with Crippen molar-refractivity contribution in [2.24, 2.45) is 5.92 Å². The van der Waals surface area contributed by atoms with Crippen LogP contribution in [0.5, 0.6) is 0 Å². The van der Waals surface area contributed by atoms with Crippen molar-refractivity contribution in [1.29, 1.82) is 0 Å². The molecule has 3 heterocycles. The minimum atomic E-state index is 0.654. The Balaban J connectivity index is 1.56. The fourth-order valence-corrected chi connectivity index (χ4v) is 3.38. The predicted molar refractivity (Wildman–Crippen MR) is 95.7 cm³/mol. The molecule has 0 bridgehead atoms. The summed E-state index contributed by atoms with van der Waals surface area (Å²) in [4.78, 5) is 13.5. The summed E-state index contributed by atoms with van der Waals surface area (Å²) in [7, 11) is 0. The molecule has 1 aliphatic carbocycles. The van der Waals surface area contributed by atoms with E-state index in [0.29, 0.717) is 11.5 Å². The lowest BCUT2D eigenvalue weighted by atomic mass is 9.89. The van der Waals surface area contributed by atoms with E-state index >= 15 is 0 Å². The maximum Gasteiger partial charge on any atom is 0.180 e. The lowest BCUT2D eigenvalue weighted by Crippen LogP contribution is -2.17. The maximum absolute atomic E-state index is 5.89. The molecule has 1 fully saturated rings. The van der Waals surface area contributed by atoms with Crippen molar-refractivity contribution in [3.8, 4) is 11.5 Å². The van der Waals surface area contributed by atoms with Gasteiger partial charge < -0.3 is 11.1 Å². The van der Waals surface area contributed by atoms with E-state index in [9.17, 15) is 0 Å². The summed E-state index contributed by atoms with van der Waals surface area (Å²) in [6.45, 7) is 0.983. The highest BCUT2D eigenvalue weighted by molar-refractivity contribution is 5.60. The Hall–Kier alpha value is -2.63. The second kappa shape index (κ2) is 6.47. The number of hydrogen-bond acceptors (Lipinski definition) is 5. The first-order valence-electron chi connectivity index (χ1n) is 8.59. The zero-order valence-corrected chi connectivity index (χ0v) is 13.7. The molecule has 24 heavy (non-hydrogen) atoms. The molecule has 4 rings (SSSR count). The lowest BCUT2D eigenvalue weighted by molar-refractivity contribution is 0.373. The molecule has 3 aromatic heterocycles. The summed E-state index contributed by atoms with van der Waals surface area (Å²) in [6.07, 6.45) is 12.1. The van der Waals surface area contributed by atoms with Gasteiger partial charge in [0.05, 0.1) is 6.20 Å². The number of nitrogens with one attached hydrogen (secondary N) is 1. The van der Waals surface area contributed by atoms with Crippen LogP contribution >= 0.6 is 0 Å². The molecule has 0 aromatic carbocycles.